The van der Waals surface area contributed by atoms with Crippen LogP contribution < -0.4 is 0 Å². The van der Waals surface area contributed by atoms with Gasteiger partial charge in [-0.1, -0.05) is 29.8 Å². The van der Waals surface area contributed by atoms with Crippen LogP contribution in [0.3, 0.4) is 0 Å². The van der Waals surface area contributed by atoms with E-state index in [-0.39, 0.29) is 35.2 Å². The van der Waals surface area contributed by atoms with E-state index < -0.39 is 69.7 Å². The minimum atomic E-state index is -4.62. The topological polar surface area (TPSA) is 133 Å². The maximum absolute atomic E-state index is 15.3. The van der Waals surface area contributed by atoms with Crippen molar-refractivity contribution in [3.63, 3.8) is 0 Å². The summed E-state index contributed by atoms with van der Waals surface area (Å²) in [7, 11) is -8.78. The third-order valence-corrected chi connectivity index (χ3v) is 10.1. The van der Waals surface area contributed by atoms with Gasteiger partial charge in [0.05, 0.1) is 26.1 Å². The summed E-state index contributed by atoms with van der Waals surface area (Å²) in [6, 6.07) is 8.75. The summed E-state index contributed by atoms with van der Waals surface area (Å²) >= 11 is 6.34. The van der Waals surface area contributed by atoms with Crippen molar-refractivity contribution in [1.82, 2.24) is 0 Å². The Hall–Kier alpha value is -3.09. The quantitative estimate of drug-likeness (QED) is 0.396. The van der Waals surface area contributed by atoms with Crippen LogP contribution in [-0.4, -0.2) is 53.5 Å². The molecule has 2 aromatic rings. The van der Waals surface area contributed by atoms with Gasteiger partial charge in [-0.2, -0.15) is 0 Å². The lowest BCUT2D eigenvalue weighted by atomic mass is 9.80. The molecule has 0 N–H and O–H groups in total. The van der Waals surface area contributed by atoms with E-state index in [1.807, 2.05) is 0 Å². The van der Waals surface area contributed by atoms with Gasteiger partial charge >= 0.3 is 11.9 Å². The Morgan fingerprint density at radius 3 is 2.32 bits per heavy atom. The maximum atomic E-state index is 15.3. The van der Waals surface area contributed by atoms with Gasteiger partial charge < -0.3 is 9.47 Å². The molecule has 9 nitrogen and oxygen atoms in total. The van der Waals surface area contributed by atoms with E-state index in [1.54, 1.807) is 0 Å². The molecule has 0 radical (unpaired) electrons. The molecule has 2 unspecified atom stereocenters. The van der Waals surface area contributed by atoms with Gasteiger partial charge in [-0.15, -0.1) is 0 Å². The second kappa shape index (κ2) is 9.99. The number of esters is 2. The number of rotatable bonds is 5. The molecule has 0 aliphatic carbocycles. The van der Waals surface area contributed by atoms with Crippen molar-refractivity contribution in [2.24, 2.45) is 10.9 Å². The first kappa shape index (κ1) is 27.0. The van der Waals surface area contributed by atoms with Gasteiger partial charge in [0, 0.05) is 29.1 Å². The van der Waals surface area contributed by atoms with Crippen LogP contribution in [-0.2, 0) is 38.7 Å². The molecule has 0 bridgehead atoms. The second-order valence-electron chi connectivity index (χ2n) is 8.37. The third kappa shape index (κ3) is 4.92. The SMILES string of the molecule is CC(=O)OCCOC(=O)C1C(C)=NC2=C(C1c1c(F)cccc1Cl)S(=O)(=O)c1ccccc1S(=O)(=O)C2. The van der Waals surface area contributed by atoms with Crippen LogP contribution in [0.2, 0.25) is 5.02 Å². The first-order chi connectivity index (χ1) is 17.4. The Labute approximate surface area is 217 Å². The summed E-state index contributed by atoms with van der Waals surface area (Å²) in [6.07, 6.45) is 0. The molecule has 0 saturated carbocycles. The number of allylic oxidation sites excluding steroid dienone is 1. The number of carbonyl (C=O) groups excluding carboxylic acids is 2. The van der Waals surface area contributed by atoms with Gasteiger partial charge in [0.25, 0.3) is 0 Å². The molecule has 2 aromatic carbocycles. The lowest BCUT2D eigenvalue weighted by Crippen LogP contribution is -2.37. The fourth-order valence-electron chi connectivity index (χ4n) is 4.47. The molecule has 4 rings (SSSR count). The van der Waals surface area contributed by atoms with Gasteiger partial charge in [0.1, 0.15) is 24.9 Å². The number of hydrogen-bond acceptors (Lipinski definition) is 9. The normalized spacial score (nSPS) is 21.7. The van der Waals surface area contributed by atoms with E-state index in [4.69, 9.17) is 21.1 Å². The molecule has 2 aliphatic rings. The van der Waals surface area contributed by atoms with Crippen molar-refractivity contribution >= 4 is 48.9 Å². The van der Waals surface area contributed by atoms with Crippen LogP contribution in [0.25, 0.3) is 0 Å². The van der Waals surface area contributed by atoms with Gasteiger partial charge in [0.2, 0.25) is 9.84 Å². The minimum absolute atomic E-state index is 0.0110. The average molecular weight is 570 g/mol. The average Bonchev–Trinajstić information content (AvgIpc) is 2.87. The van der Waals surface area contributed by atoms with Crippen LogP contribution in [0.4, 0.5) is 4.39 Å². The third-order valence-electron chi connectivity index (χ3n) is 5.95. The van der Waals surface area contributed by atoms with Gasteiger partial charge in [0.15, 0.2) is 9.84 Å². The number of fused-ring (bicyclic) bond motifs is 1. The summed E-state index contributed by atoms with van der Waals surface area (Å²) in [5.41, 5.74) is -0.632. The summed E-state index contributed by atoms with van der Waals surface area (Å²) < 4.78 is 79.6. The number of benzene rings is 2. The van der Waals surface area contributed by atoms with E-state index in [2.05, 4.69) is 4.99 Å². The number of ether oxygens (including phenoxy) is 2. The highest BCUT2D eigenvalue weighted by Gasteiger charge is 2.49. The first-order valence-corrected chi connectivity index (χ1v) is 14.5. The summed E-state index contributed by atoms with van der Waals surface area (Å²) in [5.74, 6) is -6.29. The van der Waals surface area contributed by atoms with Crippen LogP contribution >= 0.6 is 11.6 Å². The van der Waals surface area contributed by atoms with Crippen LogP contribution in [0.5, 0.6) is 0 Å². The maximum Gasteiger partial charge on any atom is 0.315 e. The zero-order valence-corrected chi connectivity index (χ0v) is 22.0. The molecule has 2 heterocycles. The van der Waals surface area contributed by atoms with E-state index in [1.165, 1.54) is 44.2 Å². The van der Waals surface area contributed by atoms with Gasteiger partial charge in [-0.25, -0.2) is 21.2 Å². The molecule has 0 amide bonds. The highest BCUT2D eigenvalue weighted by atomic mass is 35.5. The Morgan fingerprint density at radius 1 is 1.03 bits per heavy atom. The smallest absolute Gasteiger partial charge is 0.315 e. The highest BCUT2D eigenvalue weighted by molar-refractivity contribution is 7.97. The molecule has 37 heavy (non-hydrogen) atoms. The van der Waals surface area contributed by atoms with Crippen LogP contribution in [0, 0.1) is 11.7 Å². The van der Waals surface area contributed by atoms with Crippen LogP contribution in [0.15, 0.2) is 67.9 Å². The van der Waals surface area contributed by atoms with E-state index in [0.717, 1.165) is 12.1 Å². The standard InChI is InChI=1S/C24H21ClFNO8S2/c1-13-20(24(29)35-11-10-34-14(2)28)22(21-15(25)6-5-7-16(21)26)23-17(27-13)12-36(30,31)18-8-3-4-9-19(18)37(23,32)33/h3-9,20,22H,10-12H2,1-2H3. The highest BCUT2D eigenvalue weighted by Crippen LogP contribution is 2.49. The molecular weight excluding hydrogens is 549 g/mol. The van der Waals surface area contributed by atoms with Gasteiger partial charge in [-0.05, 0) is 31.2 Å². The van der Waals surface area contributed by atoms with E-state index in [9.17, 15) is 26.4 Å². The van der Waals surface area contributed by atoms with Crippen molar-refractivity contribution in [2.45, 2.75) is 29.6 Å². The number of halogens is 2. The molecule has 0 saturated heterocycles. The first-order valence-electron chi connectivity index (χ1n) is 10.9. The summed E-state index contributed by atoms with van der Waals surface area (Å²) in [4.78, 5) is 27.0. The molecule has 0 spiro atoms. The molecule has 0 fully saturated rings. The Morgan fingerprint density at radius 2 is 1.68 bits per heavy atom. The predicted molar refractivity (Wildman–Crippen MR) is 131 cm³/mol. The van der Waals surface area contributed by atoms with E-state index in [0.29, 0.717) is 0 Å². The van der Waals surface area contributed by atoms with E-state index >= 15 is 4.39 Å². The zero-order chi connectivity index (χ0) is 27.1. The van der Waals surface area contributed by atoms with Crippen molar-refractivity contribution in [3.05, 3.63) is 69.5 Å². The predicted octanol–water partition coefficient (Wildman–Crippen LogP) is 3.23. The lowest BCUT2D eigenvalue weighted by Gasteiger charge is -2.32. The van der Waals surface area contributed by atoms with Gasteiger partial charge in [-0.3, -0.25) is 14.6 Å². The summed E-state index contributed by atoms with van der Waals surface area (Å²) in [6.45, 7) is 1.95. The number of carbonyl (C=O) groups is 2. The molecular formula is C24H21ClFNO8S2. The molecule has 13 heteroatoms. The molecule has 2 atom stereocenters. The number of aliphatic imine (C=N–C) groups is 1. The molecule has 196 valence electrons. The number of sulfone groups is 2. The minimum Gasteiger partial charge on any atom is -0.462 e. The molecule has 0 aromatic heterocycles. The molecule has 2 aliphatic heterocycles. The number of nitrogens with zero attached hydrogens (tertiary/aromatic N) is 1. The number of hydrogen-bond donors (Lipinski definition) is 0. The monoisotopic (exact) mass is 569 g/mol. The zero-order valence-electron chi connectivity index (χ0n) is 19.6. The Kier molecular flexibility index (Phi) is 7.28. The fourth-order valence-corrected chi connectivity index (χ4v) is 8.79. The largest absolute Gasteiger partial charge is 0.462 e. The van der Waals surface area contributed by atoms with Crippen molar-refractivity contribution in [2.75, 3.05) is 19.0 Å². The van der Waals surface area contributed by atoms with Crippen molar-refractivity contribution in [1.29, 1.82) is 0 Å². The second-order valence-corrected chi connectivity index (χ2v) is 12.6. The Bertz CT molecular complexity index is 1560. The van der Waals surface area contributed by atoms with Crippen molar-refractivity contribution in [3.8, 4) is 0 Å². The van der Waals surface area contributed by atoms with Crippen molar-refractivity contribution < 1.29 is 40.3 Å². The fraction of sp³-hybridized carbons (Fsp3) is 0.292. The summed E-state index contributed by atoms with van der Waals surface area (Å²) in [5, 5.41) is -0.167. The van der Waals surface area contributed by atoms with Crippen LogP contribution in [0.1, 0.15) is 25.3 Å². The lowest BCUT2D eigenvalue weighted by molar-refractivity contribution is -0.152. The Balaban J connectivity index is 1.95.